The molecule has 2 rings (SSSR count). The summed E-state index contributed by atoms with van der Waals surface area (Å²) in [6, 6.07) is 6.80. The Kier molecular flexibility index (Phi) is 5.27. The van der Waals surface area contributed by atoms with E-state index < -0.39 is 7.12 Å². The first kappa shape index (κ1) is 14.4. The second-order valence-electron chi connectivity index (χ2n) is 3.90. The van der Waals surface area contributed by atoms with Crippen molar-refractivity contribution in [3.8, 4) is 5.75 Å². The van der Waals surface area contributed by atoms with Gasteiger partial charge in [-0.2, -0.15) is 0 Å². The Morgan fingerprint density at radius 1 is 1.42 bits per heavy atom. The van der Waals surface area contributed by atoms with Crippen molar-refractivity contribution in [3.63, 3.8) is 0 Å². The fourth-order valence-corrected chi connectivity index (χ4v) is 3.19. The molecule has 1 aromatic heterocycles. The van der Waals surface area contributed by atoms with Crippen molar-refractivity contribution in [1.29, 1.82) is 0 Å². The quantitative estimate of drug-likeness (QED) is 0.478. The predicted molar refractivity (Wildman–Crippen MR) is 79.3 cm³/mol. The van der Waals surface area contributed by atoms with Gasteiger partial charge in [-0.3, -0.25) is 0 Å². The summed E-state index contributed by atoms with van der Waals surface area (Å²) in [7, 11) is -1.46. The van der Waals surface area contributed by atoms with Crippen LogP contribution in [0.2, 0.25) is 0 Å². The van der Waals surface area contributed by atoms with E-state index in [9.17, 15) is 0 Å². The summed E-state index contributed by atoms with van der Waals surface area (Å²) in [6.45, 7) is 2.52. The molecule has 4 nitrogen and oxygen atoms in total. The van der Waals surface area contributed by atoms with Crippen molar-refractivity contribution in [2.75, 3.05) is 12.4 Å². The van der Waals surface area contributed by atoms with Gasteiger partial charge in [0.15, 0.2) is 0 Å². The Bertz CT molecular complexity index is 533. The molecule has 19 heavy (non-hydrogen) atoms. The predicted octanol–water partition coefficient (Wildman–Crippen LogP) is 1.30. The molecule has 0 atom stereocenters. The SMILES string of the molecule is Cc1csc(SCCOc2cccc(B(O)O)c2)n1. The zero-order valence-corrected chi connectivity index (χ0v) is 12.1. The topological polar surface area (TPSA) is 62.6 Å². The third kappa shape index (κ3) is 4.54. The molecule has 0 fully saturated rings. The largest absolute Gasteiger partial charge is 0.493 e. The molecule has 2 aromatic rings. The molecule has 0 aliphatic carbocycles. The fourth-order valence-electron chi connectivity index (χ4n) is 1.45. The summed E-state index contributed by atoms with van der Waals surface area (Å²) in [5, 5.41) is 20.1. The molecule has 0 aliphatic rings. The highest BCUT2D eigenvalue weighted by molar-refractivity contribution is 8.01. The van der Waals surface area contributed by atoms with Crippen LogP contribution in [0.15, 0.2) is 34.0 Å². The number of nitrogens with zero attached hydrogens (tertiary/aromatic N) is 1. The number of rotatable bonds is 6. The van der Waals surface area contributed by atoms with Gasteiger partial charge in [0.1, 0.15) is 10.1 Å². The average Bonchev–Trinajstić information content (AvgIpc) is 2.81. The minimum absolute atomic E-state index is 0.431. The number of thiazole rings is 1. The number of hydrogen-bond acceptors (Lipinski definition) is 6. The average molecular weight is 295 g/mol. The standard InChI is InChI=1S/C12H14BNO3S2/c1-9-8-19-12(14-9)18-6-5-17-11-4-2-3-10(7-11)13(15)16/h2-4,7-8,15-16H,5-6H2,1H3. The van der Waals surface area contributed by atoms with Crippen LogP contribution in [0.5, 0.6) is 5.75 Å². The van der Waals surface area contributed by atoms with E-state index in [1.807, 2.05) is 12.3 Å². The van der Waals surface area contributed by atoms with E-state index in [4.69, 9.17) is 14.8 Å². The van der Waals surface area contributed by atoms with Crippen molar-refractivity contribution in [2.45, 2.75) is 11.3 Å². The molecular formula is C12H14BNO3S2. The van der Waals surface area contributed by atoms with Gasteiger partial charge in [0, 0.05) is 16.8 Å². The van der Waals surface area contributed by atoms with E-state index in [2.05, 4.69) is 4.98 Å². The van der Waals surface area contributed by atoms with Crippen LogP contribution in [-0.4, -0.2) is 34.5 Å². The summed E-state index contributed by atoms with van der Waals surface area (Å²) in [6.07, 6.45) is 0. The molecule has 0 saturated heterocycles. The van der Waals surface area contributed by atoms with Crippen LogP contribution in [0.3, 0.4) is 0 Å². The highest BCUT2D eigenvalue weighted by Crippen LogP contribution is 2.22. The molecule has 0 radical (unpaired) electrons. The Balaban J connectivity index is 1.78. The van der Waals surface area contributed by atoms with Gasteiger partial charge in [-0.05, 0) is 24.5 Å². The molecular weight excluding hydrogens is 281 g/mol. The summed E-state index contributed by atoms with van der Waals surface area (Å²) < 4.78 is 6.60. The lowest BCUT2D eigenvalue weighted by atomic mass is 9.80. The van der Waals surface area contributed by atoms with Gasteiger partial charge in [0.25, 0.3) is 0 Å². The van der Waals surface area contributed by atoms with Crippen LogP contribution in [0.4, 0.5) is 0 Å². The molecule has 100 valence electrons. The van der Waals surface area contributed by atoms with Gasteiger partial charge in [0.05, 0.1) is 6.61 Å². The van der Waals surface area contributed by atoms with Crippen molar-refractivity contribution in [3.05, 3.63) is 35.3 Å². The maximum absolute atomic E-state index is 9.06. The fraction of sp³-hybridized carbons (Fsp3) is 0.250. The van der Waals surface area contributed by atoms with Gasteiger partial charge in [-0.1, -0.05) is 23.9 Å². The first-order chi connectivity index (χ1) is 9.15. The molecule has 0 spiro atoms. The van der Waals surface area contributed by atoms with Crippen LogP contribution in [0, 0.1) is 6.92 Å². The highest BCUT2D eigenvalue weighted by Gasteiger charge is 2.10. The minimum atomic E-state index is -1.46. The Hall–Kier alpha value is -1.02. The summed E-state index contributed by atoms with van der Waals surface area (Å²) >= 11 is 3.29. The van der Waals surface area contributed by atoms with E-state index in [0.717, 1.165) is 15.8 Å². The number of thioether (sulfide) groups is 1. The van der Waals surface area contributed by atoms with Crippen molar-refractivity contribution in [2.24, 2.45) is 0 Å². The van der Waals surface area contributed by atoms with E-state index in [0.29, 0.717) is 17.8 Å². The molecule has 1 heterocycles. The molecule has 0 saturated carbocycles. The number of aryl methyl sites for hydroxylation is 1. The van der Waals surface area contributed by atoms with Gasteiger partial charge >= 0.3 is 7.12 Å². The lowest BCUT2D eigenvalue weighted by molar-refractivity contribution is 0.344. The first-order valence-corrected chi connectivity index (χ1v) is 7.65. The van der Waals surface area contributed by atoms with Gasteiger partial charge in [0.2, 0.25) is 0 Å². The van der Waals surface area contributed by atoms with Gasteiger partial charge in [-0.25, -0.2) is 4.98 Å². The Labute approximate surface area is 120 Å². The third-order valence-corrected chi connectivity index (χ3v) is 4.43. The maximum Gasteiger partial charge on any atom is 0.488 e. The number of ether oxygens (including phenoxy) is 1. The monoisotopic (exact) mass is 295 g/mol. The van der Waals surface area contributed by atoms with Gasteiger partial charge in [-0.15, -0.1) is 11.3 Å². The zero-order chi connectivity index (χ0) is 13.7. The van der Waals surface area contributed by atoms with Crippen molar-refractivity contribution < 1.29 is 14.8 Å². The van der Waals surface area contributed by atoms with Crippen LogP contribution >= 0.6 is 23.1 Å². The molecule has 0 bridgehead atoms. The Morgan fingerprint density at radius 3 is 2.95 bits per heavy atom. The summed E-state index contributed by atoms with van der Waals surface area (Å²) in [5.74, 6) is 1.44. The Morgan fingerprint density at radius 2 is 2.26 bits per heavy atom. The maximum atomic E-state index is 9.06. The van der Waals surface area contributed by atoms with Crippen molar-refractivity contribution >= 4 is 35.7 Å². The third-order valence-electron chi connectivity index (χ3n) is 2.33. The van der Waals surface area contributed by atoms with Crippen LogP contribution in [0.1, 0.15) is 5.69 Å². The molecule has 7 heteroatoms. The molecule has 0 unspecified atom stereocenters. The van der Waals surface area contributed by atoms with Crippen LogP contribution in [0.25, 0.3) is 0 Å². The highest BCUT2D eigenvalue weighted by atomic mass is 32.2. The van der Waals surface area contributed by atoms with Crippen LogP contribution in [-0.2, 0) is 0 Å². The van der Waals surface area contributed by atoms with E-state index in [1.165, 1.54) is 0 Å². The van der Waals surface area contributed by atoms with E-state index in [1.54, 1.807) is 47.4 Å². The normalized spacial score (nSPS) is 10.5. The second-order valence-corrected chi connectivity index (χ2v) is 6.10. The first-order valence-electron chi connectivity index (χ1n) is 5.79. The molecule has 2 N–H and O–H groups in total. The zero-order valence-electron chi connectivity index (χ0n) is 10.4. The lowest BCUT2D eigenvalue weighted by Crippen LogP contribution is -2.29. The molecule has 1 aromatic carbocycles. The summed E-state index contributed by atoms with van der Waals surface area (Å²) in [5.41, 5.74) is 1.47. The second kappa shape index (κ2) is 6.95. The lowest BCUT2D eigenvalue weighted by Gasteiger charge is -2.07. The van der Waals surface area contributed by atoms with Crippen molar-refractivity contribution in [1.82, 2.24) is 4.98 Å². The molecule has 0 aliphatic heterocycles. The van der Waals surface area contributed by atoms with Crippen LogP contribution < -0.4 is 10.2 Å². The minimum Gasteiger partial charge on any atom is -0.493 e. The number of hydrogen-bond donors (Lipinski definition) is 2. The summed E-state index contributed by atoms with van der Waals surface area (Å²) in [4.78, 5) is 4.35. The number of benzene rings is 1. The van der Waals surface area contributed by atoms with E-state index >= 15 is 0 Å². The smallest absolute Gasteiger partial charge is 0.488 e. The van der Waals surface area contributed by atoms with E-state index in [-0.39, 0.29) is 0 Å². The van der Waals surface area contributed by atoms with Gasteiger partial charge < -0.3 is 14.8 Å². The molecule has 0 amide bonds. The number of aromatic nitrogens is 1.